The quantitative estimate of drug-likeness (QED) is 0.648. The van der Waals surface area contributed by atoms with E-state index in [0.717, 1.165) is 5.56 Å². The summed E-state index contributed by atoms with van der Waals surface area (Å²) in [6.07, 6.45) is 0. The van der Waals surface area contributed by atoms with Crippen LogP contribution >= 0.6 is 0 Å². The number of hydrogen-bond acceptors (Lipinski definition) is 5. The zero-order valence-corrected chi connectivity index (χ0v) is 11.7. The number of nitro benzene ring substituents is 1. The van der Waals surface area contributed by atoms with Crippen LogP contribution in [0.15, 0.2) is 42.5 Å². The standard InChI is InChI=1S/C15H11F2N3O3/c16-15(17)23-13-4-1-10(2-5-13)9-19-14-6-3-12(20(21)22)7-11(14)8-18/h1-7,15,19H,9H2. The molecule has 0 aromatic heterocycles. The number of rotatable bonds is 6. The molecule has 0 saturated heterocycles. The maximum atomic E-state index is 12.1. The minimum absolute atomic E-state index is 0.0526. The van der Waals surface area contributed by atoms with Crippen molar-refractivity contribution in [3.63, 3.8) is 0 Å². The van der Waals surface area contributed by atoms with E-state index in [1.54, 1.807) is 12.1 Å². The van der Waals surface area contributed by atoms with Crippen LogP contribution < -0.4 is 10.1 Å². The molecule has 0 heterocycles. The molecule has 0 aliphatic rings. The molecule has 1 N–H and O–H groups in total. The first kappa shape index (κ1) is 16.2. The Morgan fingerprint density at radius 3 is 2.52 bits per heavy atom. The summed E-state index contributed by atoms with van der Waals surface area (Å²) in [6, 6.07) is 11.8. The molecular weight excluding hydrogens is 308 g/mol. The van der Waals surface area contributed by atoms with Crippen LogP contribution in [0.1, 0.15) is 11.1 Å². The molecule has 0 unspecified atom stereocenters. The monoisotopic (exact) mass is 319 g/mol. The Labute approximate surface area is 130 Å². The second-order valence-corrected chi connectivity index (χ2v) is 4.47. The number of alkyl halides is 2. The van der Waals surface area contributed by atoms with Crippen LogP contribution in [-0.4, -0.2) is 11.5 Å². The third-order valence-corrected chi connectivity index (χ3v) is 2.97. The third kappa shape index (κ3) is 4.38. The van der Waals surface area contributed by atoms with Gasteiger partial charge in [-0.3, -0.25) is 10.1 Å². The number of benzene rings is 2. The summed E-state index contributed by atoms with van der Waals surface area (Å²) >= 11 is 0. The van der Waals surface area contributed by atoms with Crippen molar-refractivity contribution >= 4 is 11.4 Å². The minimum Gasteiger partial charge on any atom is -0.435 e. The van der Waals surface area contributed by atoms with Gasteiger partial charge in [-0.15, -0.1) is 0 Å². The Bertz CT molecular complexity index is 743. The van der Waals surface area contributed by atoms with Gasteiger partial charge in [0.15, 0.2) is 0 Å². The van der Waals surface area contributed by atoms with Gasteiger partial charge in [0.25, 0.3) is 5.69 Å². The predicted molar refractivity (Wildman–Crippen MR) is 78.2 cm³/mol. The first-order chi connectivity index (χ1) is 11.0. The van der Waals surface area contributed by atoms with Crippen LogP contribution in [-0.2, 0) is 6.54 Å². The number of nitrogens with one attached hydrogen (secondary N) is 1. The van der Waals surface area contributed by atoms with Crippen molar-refractivity contribution < 1.29 is 18.4 Å². The summed E-state index contributed by atoms with van der Waals surface area (Å²) in [5, 5.41) is 22.7. The van der Waals surface area contributed by atoms with Crippen molar-refractivity contribution in [1.29, 1.82) is 5.26 Å². The number of non-ortho nitro benzene ring substituents is 1. The lowest BCUT2D eigenvalue weighted by Gasteiger charge is -2.09. The fraction of sp³-hybridized carbons (Fsp3) is 0.133. The van der Waals surface area contributed by atoms with Crippen LogP contribution in [0.4, 0.5) is 20.2 Å². The van der Waals surface area contributed by atoms with Crippen molar-refractivity contribution in [3.05, 3.63) is 63.7 Å². The molecule has 2 aromatic carbocycles. The second-order valence-electron chi connectivity index (χ2n) is 4.47. The highest BCUT2D eigenvalue weighted by molar-refractivity contribution is 5.61. The van der Waals surface area contributed by atoms with E-state index < -0.39 is 11.5 Å². The second kappa shape index (κ2) is 7.17. The molecule has 0 aliphatic heterocycles. The summed E-state index contributed by atoms with van der Waals surface area (Å²) in [5.41, 5.74) is 1.21. The third-order valence-electron chi connectivity index (χ3n) is 2.97. The first-order valence-electron chi connectivity index (χ1n) is 6.46. The van der Waals surface area contributed by atoms with Gasteiger partial charge in [0, 0.05) is 18.7 Å². The van der Waals surface area contributed by atoms with Crippen molar-refractivity contribution in [1.82, 2.24) is 0 Å². The molecule has 8 heteroatoms. The molecule has 6 nitrogen and oxygen atoms in total. The van der Waals surface area contributed by atoms with Crippen molar-refractivity contribution in [2.45, 2.75) is 13.2 Å². The molecule has 2 aromatic rings. The maximum absolute atomic E-state index is 12.1. The number of ether oxygens (including phenoxy) is 1. The number of halogens is 2. The molecule has 23 heavy (non-hydrogen) atoms. The molecule has 0 fully saturated rings. The van der Waals surface area contributed by atoms with Gasteiger partial charge in [0.05, 0.1) is 16.2 Å². The van der Waals surface area contributed by atoms with Gasteiger partial charge < -0.3 is 10.1 Å². The Morgan fingerprint density at radius 1 is 1.26 bits per heavy atom. The number of anilines is 1. The van der Waals surface area contributed by atoms with Gasteiger partial charge in [-0.25, -0.2) is 0 Å². The number of nitro groups is 1. The molecule has 0 saturated carbocycles. The van der Waals surface area contributed by atoms with Gasteiger partial charge in [-0.2, -0.15) is 14.0 Å². The van der Waals surface area contributed by atoms with E-state index in [4.69, 9.17) is 5.26 Å². The molecule has 0 amide bonds. The highest BCUT2D eigenvalue weighted by atomic mass is 19.3. The Hall–Kier alpha value is -3.21. The topological polar surface area (TPSA) is 88.2 Å². The lowest BCUT2D eigenvalue weighted by atomic mass is 10.1. The van der Waals surface area contributed by atoms with E-state index in [0.29, 0.717) is 12.2 Å². The fourth-order valence-electron chi connectivity index (χ4n) is 1.88. The van der Waals surface area contributed by atoms with Gasteiger partial charge >= 0.3 is 6.61 Å². The lowest BCUT2D eigenvalue weighted by molar-refractivity contribution is -0.384. The summed E-state index contributed by atoms with van der Waals surface area (Å²) in [4.78, 5) is 10.1. The number of nitriles is 1. The van der Waals surface area contributed by atoms with E-state index in [1.807, 2.05) is 6.07 Å². The van der Waals surface area contributed by atoms with Crippen molar-refractivity contribution in [3.8, 4) is 11.8 Å². The molecule has 0 bridgehead atoms. The number of hydrogen-bond donors (Lipinski definition) is 1. The summed E-state index contributed by atoms with van der Waals surface area (Å²) in [7, 11) is 0. The average molecular weight is 319 g/mol. The van der Waals surface area contributed by atoms with Gasteiger partial charge in [-0.05, 0) is 23.8 Å². The summed E-state index contributed by atoms with van der Waals surface area (Å²) < 4.78 is 28.3. The van der Waals surface area contributed by atoms with E-state index in [-0.39, 0.29) is 17.0 Å². The highest BCUT2D eigenvalue weighted by Crippen LogP contribution is 2.22. The largest absolute Gasteiger partial charge is 0.435 e. The molecule has 118 valence electrons. The zero-order chi connectivity index (χ0) is 16.8. The molecule has 0 spiro atoms. The van der Waals surface area contributed by atoms with Crippen LogP contribution in [0, 0.1) is 21.4 Å². The SMILES string of the molecule is N#Cc1cc([N+](=O)[O-])ccc1NCc1ccc(OC(F)F)cc1. The van der Waals surface area contributed by atoms with Crippen molar-refractivity contribution in [2.24, 2.45) is 0 Å². The van der Waals surface area contributed by atoms with Crippen LogP contribution in [0.25, 0.3) is 0 Å². The van der Waals surface area contributed by atoms with E-state index in [1.165, 1.54) is 30.3 Å². The van der Waals surface area contributed by atoms with Crippen LogP contribution in [0.2, 0.25) is 0 Å². The fourth-order valence-corrected chi connectivity index (χ4v) is 1.88. The van der Waals surface area contributed by atoms with Gasteiger partial charge in [0.2, 0.25) is 0 Å². The Kier molecular flexibility index (Phi) is 5.04. The summed E-state index contributed by atoms with van der Waals surface area (Å²) in [6.45, 7) is -2.56. The molecule has 0 radical (unpaired) electrons. The van der Waals surface area contributed by atoms with Gasteiger partial charge in [0.1, 0.15) is 11.8 Å². The number of nitrogens with zero attached hydrogens (tertiary/aromatic N) is 2. The van der Waals surface area contributed by atoms with Gasteiger partial charge in [-0.1, -0.05) is 12.1 Å². The van der Waals surface area contributed by atoms with Crippen LogP contribution in [0.3, 0.4) is 0 Å². The molecular formula is C15H11F2N3O3. The Morgan fingerprint density at radius 2 is 1.96 bits per heavy atom. The average Bonchev–Trinajstić information content (AvgIpc) is 2.53. The van der Waals surface area contributed by atoms with E-state index in [9.17, 15) is 18.9 Å². The zero-order valence-electron chi connectivity index (χ0n) is 11.7. The van der Waals surface area contributed by atoms with E-state index in [2.05, 4.69) is 10.1 Å². The lowest BCUT2D eigenvalue weighted by Crippen LogP contribution is -2.03. The van der Waals surface area contributed by atoms with Crippen LogP contribution in [0.5, 0.6) is 5.75 Å². The molecule has 2 rings (SSSR count). The summed E-state index contributed by atoms with van der Waals surface area (Å²) in [5.74, 6) is 0.0526. The first-order valence-corrected chi connectivity index (χ1v) is 6.46. The highest BCUT2D eigenvalue weighted by Gasteiger charge is 2.10. The smallest absolute Gasteiger partial charge is 0.387 e. The van der Waals surface area contributed by atoms with Crippen molar-refractivity contribution in [2.75, 3.05) is 5.32 Å². The van der Waals surface area contributed by atoms with E-state index >= 15 is 0 Å². The minimum atomic E-state index is -2.88. The predicted octanol–water partition coefficient (Wildman–Crippen LogP) is 3.68. The molecule has 0 atom stereocenters. The Balaban J connectivity index is 2.06. The molecule has 0 aliphatic carbocycles. The normalized spacial score (nSPS) is 10.2. The maximum Gasteiger partial charge on any atom is 0.387 e.